The van der Waals surface area contributed by atoms with E-state index in [1.165, 1.54) is 11.3 Å². The Kier molecular flexibility index (Phi) is 5.32. The summed E-state index contributed by atoms with van der Waals surface area (Å²) in [6, 6.07) is 1.46. The molecule has 0 aromatic carbocycles. The van der Waals surface area contributed by atoms with Gasteiger partial charge in [0.1, 0.15) is 6.67 Å². The standard InChI is InChI=1S/C7H9BrFNS.ClH/c1-4-2-6(5(10)3-9)11-7(4)8;/h2,5H,3,10H2,1H3;1H/t5-;/m1./s1. The molecule has 1 aromatic heterocycles. The highest BCUT2D eigenvalue weighted by atomic mass is 79.9. The summed E-state index contributed by atoms with van der Waals surface area (Å²) in [5.74, 6) is 0. The van der Waals surface area contributed by atoms with Crippen molar-refractivity contribution in [2.45, 2.75) is 13.0 Å². The number of nitrogens with two attached hydrogens (primary N) is 1. The first kappa shape index (κ1) is 12.4. The zero-order valence-electron chi connectivity index (χ0n) is 6.51. The molecule has 0 aliphatic heterocycles. The Morgan fingerprint density at radius 1 is 1.75 bits per heavy atom. The third kappa shape index (κ3) is 2.69. The van der Waals surface area contributed by atoms with Crippen LogP contribution < -0.4 is 5.73 Å². The minimum absolute atomic E-state index is 0. The number of aryl methyl sites for hydroxylation is 1. The fourth-order valence-electron chi connectivity index (χ4n) is 0.742. The van der Waals surface area contributed by atoms with Crippen LogP contribution in [0.15, 0.2) is 9.85 Å². The molecular weight excluding hydrogens is 265 g/mol. The molecule has 0 amide bonds. The van der Waals surface area contributed by atoms with Gasteiger partial charge in [-0.2, -0.15) is 0 Å². The lowest BCUT2D eigenvalue weighted by Gasteiger charge is -2.00. The van der Waals surface area contributed by atoms with Gasteiger partial charge in [0.2, 0.25) is 0 Å². The molecule has 5 heteroatoms. The second-order valence-electron chi connectivity index (χ2n) is 2.37. The minimum Gasteiger partial charge on any atom is -0.321 e. The van der Waals surface area contributed by atoms with Gasteiger partial charge in [0.15, 0.2) is 0 Å². The Labute approximate surface area is 89.7 Å². The lowest BCUT2D eigenvalue weighted by molar-refractivity contribution is 0.440. The van der Waals surface area contributed by atoms with Crippen molar-refractivity contribution >= 4 is 39.7 Å². The van der Waals surface area contributed by atoms with E-state index >= 15 is 0 Å². The van der Waals surface area contributed by atoms with E-state index in [0.717, 1.165) is 14.2 Å². The molecule has 1 heterocycles. The second-order valence-corrected chi connectivity index (χ2v) is 4.77. The van der Waals surface area contributed by atoms with Gasteiger partial charge in [-0.3, -0.25) is 0 Å². The Balaban J connectivity index is 0.00000121. The van der Waals surface area contributed by atoms with Crippen molar-refractivity contribution in [3.05, 3.63) is 20.3 Å². The molecule has 1 nitrogen and oxygen atoms in total. The Bertz CT molecular complexity index is 234. The van der Waals surface area contributed by atoms with Gasteiger partial charge in [-0.25, -0.2) is 4.39 Å². The van der Waals surface area contributed by atoms with Gasteiger partial charge in [-0.05, 0) is 34.5 Å². The van der Waals surface area contributed by atoms with Gasteiger partial charge in [0.05, 0.1) is 9.83 Å². The third-order valence-electron chi connectivity index (χ3n) is 1.41. The van der Waals surface area contributed by atoms with Crippen molar-refractivity contribution in [3.63, 3.8) is 0 Å². The third-order valence-corrected chi connectivity index (χ3v) is 3.68. The number of halogens is 3. The SMILES string of the molecule is Cc1cc([C@H](N)CF)sc1Br.Cl. The first-order valence-corrected chi connectivity index (χ1v) is 4.83. The predicted molar refractivity (Wildman–Crippen MR) is 56.9 cm³/mol. The maximum Gasteiger partial charge on any atom is 0.109 e. The van der Waals surface area contributed by atoms with Crippen LogP contribution in [-0.2, 0) is 0 Å². The monoisotopic (exact) mass is 273 g/mol. The summed E-state index contributed by atoms with van der Waals surface area (Å²) in [5, 5.41) is 0. The number of hydrogen-bond acceptors (Lipinski definition) is 2. The maximum absolute atomic E-state index is 12.1. The molecule has 0 aliphatic rings. The predicted octanol–water partition coefficient (Wildman–Crippen LogP) is 3.21. The van der Waals surface area contributed by atoms with Crippen LogP contribution in [0.25, 0.3) is 0 Å². The smallest absolute Gasteiger partial charge is 0.109 e. The van der Waals surface area contributed by atoms with Gasteiger partial charge in [-0.1, -0.05) is 0 Å². The van der Waals surface area contributed by atoms with Crippen LogP contribution in [0.5, 0.6) is 0 Å². The van der Waals surface area contributed by atoms with Crippen molar-refractivity contribution in [3.8, 4) is 0 Å². The maximum atomic E-state index is 12.1. The van der Waals surface area contributed by atoms with E-state index in [9.17, 15) is 4.39 Å². The van der Waals surface area contributed by atoms with Crippen LogP contribution in [-0.4, -0.2) is 6.67 Å². The van der Waals surface area contributed by atoms with Gasteiger partial charge in [0.25, 0.3) is 0 Å². The zero-order chi connectivity index (χ0) is 8.43. The molecule has 0 spiro atoms. The topological polar surface area (TPSA) is 26.0 Å². The van der Waals surface area contributed by atoms with E-state index in [-0.39, 0.29) is 12.4 Å². The van der Waals surface area contributed by atoms with Crippen molar-refractivity contribution < 1.29 is 4.39 Å². The van der Waals surface area contributed by atoms with Gasteiger partial charge in [-0.15, -0.1) is 23.7 Å². The minimum atomic E-state index is -0.494. The molecule has 0 saturated carbocycles. The van der Waals surface area contributed by atoms with Crippen LogP contribution in [0.1, 0.15) is 16.5 Å². The molecule has 0 unspecified atom stereocenters. The normalized spacial score (nSPS) is 12.3. The van der Waals surface area contributed by atoms with Crippen LogP contribution >= 0.6 is 39.7 Å². The molecular formula is C7H10BrClFNS. The summed E-state index contributed by atoms with van der Waals surface area (Å²) in [7, 11) is 0. The Hall–Kier alpha value is 0.360. The van der Waals surface area contributed by atoms with Crippen LogP contribution in [0.2, 0.25) is 0 Å². The summed E-state index contributed by atoms with van der Waals surface area (Å²) in [5.41, 5.74) is 6.61. The molecule has 0 bridgehead atoms. The first-order valence-electron chi connectivity index (χ1n) is 3.22. The van der Waals surface area contributed by atoms with Crippen LogP contribution in [0, 0.1) is 6.92 Å². The Morgan fingerprint density at radius 3 is 2.67 bits per heavy atom. The van der Waals surface area contributed by atoms with Crippen LogP contribution in [0.3, 0.4) is 0 Å². The average molecular weight is 275 g/mol. The molecule has 2 N–H and O–H groups in total. The second kappa shape index (κ2) is 5.17. The molecule has 0 saturated heterocycles. The lowest BCUT2D eigenvalue weighted by Crippen LogP contribution is -2.09. The molecule has 1 aromatic rings. The van der Waals surface area contributed by atoms with Crippen LogP contribution in [0.4, 0.5) is 4.39 Å². The largest absolute Gasteiger partial charge is 0.321 e. The summed E-state index contributed by atoms with van der Waals surface area (Å²) in [6.07, 6.45) is 0. The van der Waals surface area contributed by atoms with E-state index in [2.05, 4.69) is 15.9 Å². The molecule has 0 fully saturated rings. The fourth-order valence-corrected chi connectivity index (χ4v) is 2.29. The summed E-state index contributed by atoms with van der Waals surface area (Å²) >= 11 is 4.85. The van der Waals surface area contributed by atoms with E-state index in [0.29, 0.717) is 0 Å². The molecule has 1 rings (SSSR count). The van der Waals surface area contributed by atoms with E-state index in [1.54, 1.807) is 0 Å². The summed E-state index contributed by atoms with van der Waals surface area (Å²) in [4.78, 5) is 0.900. The fraction of sp³-hybridized carbons (Fsp3) is 0.429. The average Bonchev–Trinajstić information content (AvgIpc) is 2.31. The highest BCUT2D eigenvalue weighted by Crippen LogP contribution is 2.30. The van der Waals surface area contributed by atoms with Gasteiger partial charge >= 0.3 is 0 Å². The molecule has 12 heavy (non-hydrogen) atoms. The van der Waals surface area contributed by atoms with E-state index in [1.807, 2.05) is 13.0 Å². The highest BCUT2D eigenvalue weighted by molar-refractivity contribution is 9.11. The number of thiophene rings is 1. The quantitative estimate of drug-likeness (QED) is 0.880. The zero-order valence-corrected chi connectivity index (χ0v) is 9.73. The number of rotatable bonds is 2. The first-order chi connectivity index (χ1) is 5.15. The van der Waals surface area contributed by atoms with Crippen molar-refractivity contribution in [2.24, 2.45) is 5.73 Å². The molecule has 70 valence electrons. The highest BCUT2D eigenvalue weighted by Gasteiger charge is 2.09. The molecule has 1 atom stereocenters. The van der Waals surface area contributed by atoms with Crippen molar-refractivity contribution in [1.29, 1.82) is 0 Å². The van der Waals surface area contributed by atoms with Crippen molar-refractivity contribution in [2.75, 3.05) is 6.67 Å². The van der Waals surface area contributed by atoms with E-state index in [4.69, 9.17) is 5.73 Å². The van der Waals surface area contributed by atoms with Crippen molar-refractivity contribution in [1.82, 2.24) is 0 Å². The molecule has 0 radical (unpaired) electrons. The number of alkyl halides is 1. The summed E-state index contributed by atoms with van der Waals surface area (Å²) in [6.45, 7) is 1.47. The van der Waals surface area contributed by atoms with Gasteiger partial charge < -0.3 is 5.73 Å². The molecule has 0 aliphatic carbocycles. The number of hydrogen-bond donors (Lipinski definition) is 1. The lowest BCUT2D eigenvalue weighted by atomic mass is 10.2. The van der Waals surface area contributed by atoms with E-state index < -0.39 is 12.7 Å². The van der Waals surface area contributed by atoms with Gasteiger partial charge in [0, 0.05) is 4.88 Å². The summed E-state index contributed by atoms with van der Waals surface area (Å²) < 4.78 is 13.1. The Morgan fingerprint density at radius 2 is 2.33 bits per heavy atom.